The van der Waals surface area contributed by atoms with E-state index in [1.54, 1.807) is 24.1 Å². The van der Waals surface area contributed by atoms with Crippen molar-refractivity contribution in [1.82, 2.24) is 19.9 Å². The van der Waals surface area contributed by atoms with E-state index in [0.29, 0.717) is 35.6 Å². The number of benzene rings is 2. The molecule has 1 aliphatic rings. The summed E-state index contributed by atoms with van der Waals surface area (Å²) in [7, 11) is 1.57. The average Bonchev–Trinajstić information content (AvgIpc) is 2.98. The van der Waals surface area contributed by atoms with Gasteiger partial charge in [0.1, 0.15) is 35.2 Å². The standard InChI is InChI=1S/C29H27FN6O5/c1-3-27(37)36-10-7-17(8-11-36)34-24-14-20-23(15-26(24)40-2)32-16-33-28(20)35-22-5-4-18(12-21(22)30)41-19-6-9-31-25(13-19)29(38)39/h3-6,9,12-17,34H,1,7-8,10-11H2,2H3,(H,38,39)(H,32,33,35). The first-order valence-electron chi connectivity index (χ1n) is 12.8. The number of fused-ring (bicyclic) bond motifs is 1. The number of piperidine rings is 1. The molecule has 0 radical (unpaired) electrons. The molecule has 0 saturated carbocycles. The minimum Gasteiger partial charge on any atom is -0.495 e. The van der Waals surface area contributed by atoms with Crippen LogP contribution >= 0.6 is 0 Å². The largest absolute Gasteiger partial charge is 0.495 e. The summed E-state index contributed by atoms with van der Waals surface area (Å²) in [4.78, 5) is 37.3. The lowest BCUT2D eigenvalue weighted by Gasteiger charge is -2.32. The highest BCUT2D eigenvalue weighted by Gasteiger charge is 2.23. The van der Waals surface area contributed by atoms with Crippen LogP contribution in [-0.2, 0) is 4.79 Å². The zero-order valence-corrected chi connectivity index (χ0v) is 22.1. The minimum atomic E-state index is -1.19. The van der Waals surface area contributed by atoms with Gasteiger partial charge in [0.25, 0.3) is 0 Å². The highest BCUT2D eigenvalue weighted by molar-refractivity contribution is 5.95. The Balaban J connectivity index is 1.36. The molecular weight excluding hydrogens is 531 g/mol. The molecule has 2 aromatic heterocycles. The summed E-state index contributed by atoms with van der Waals surface area (Å²) < 4.78 is 26.3. The average molecular weight is 559 g/mol. The van der Waals surface area contributed by atoms with Crippen LogP contribution in [0.25, 0.3) is 10.9 Å². The van der Waals surface area contributed by atoms with Gasteiger partial charge < -0.3 is 30.1 Å². The van der Waals surface area contributed by atoms with Crippen LogP contribution in [0.3, 0.4) is 0 Å². The fourth-order valence-corrected chi connectivity index (χ4v) is 4.57. The molecule has 1 saturated heterocycles. The second-order valence-electron chi connectivity index (χ2n) is 9.29. The molecule has 1 aliphatic heterocycles. The molecule has 0 aliphatic carbocycles. The number of carboxylic acid groups (broad SMARTS) is 1. The van der Waals surface area contributed by atoms with E-state index in [9.17, 15) is 9.59 Å². The van der Waals surface area contributed by atoms with E-state index in [2.05, 4.69) is 32.2 Å². The summed E-state index contributed by atoms with van der Waals surface area (Å²) in [6, 6.07) is 10.7. The molecular formula is C29H27FN6O5. The van der Waals surface area contributed by atoms with Gasteiger partial charge in [0, 0.05) is 48.9 Å². The molecule has 210 valence electrons. The second kappa shape index (κ2) is 11.9. The number of aromatic nitrogens is 3. The molecule has 5 rings (SSSR count). The number of likely N-dealkylation sites (tertiary alicyclic amines) is 1. The maximum absolute atomic E-state index is 15.1. The normalized spacial score (nSPS) is 13.5. The molecule has 0 unspecified atom stereocenters. The zero-order chi connectivity index (χ0) is 28.9. The topological polar surface area (TPSA) is 139 Å². The smallest absolute Gasteiger partial charge is 0.354 e. The Bertz CT molecular complexity index is 1620. The number of carbonyl (C=O) groups excluding carboxylic acids is 1. The number of rotatable bonds is 9. The number of carbonyl (C=O) groups is 2. The minimum absolute atomic E-state index is 0.0730. The quantitative estimate of drug-likeness (QED) is 0.241. The molecule has 0 spiro atoms. The Kier molecular flexibility index (Phi) is 7.90. The highest BCUT2D eigenvalue weighted by atomic mass is 19.1. The molecule has 41 heavy (non-hydrogen) atoms. The molecule has 4 aromatic rings. The molecule has 3 N–H and O–H groups in total. The van der Waals surface area contributed by atoms with Gasteiger partial charge in [-0.2, -0.15) is 0 Å². The van der Waals surface area contributed by atoms with Crippen molar-refractivity contribution in [2.75, 3.05) is 30.8 Å². The van der Waals surface area contributed by atoms with Gasteiger partial charge in [-0.15, -0.1) is 0 Å². The maximum Gasteiger partial charge on any atom is 0.354 e. The monoisotopic (exact) mass is 558 g/mol. The Labute approximate surface area is 234 Å². The Morgan fingerprint density at radius 3 is 2.56 bits per heavy atom. The van der Waals surface area contributed by atoms with Crippen molar-refractivity contribution < 1.29 is 28.6 Å². The summed E-state index contributed by atoms with van der Waals surface area (Å²) in [6.45, 7) is 4.80. The van der Waals surface area contributed by atoms with Gasteiger partial charge in [-0.1, -0.05) is 6.58 Å². The van der Waals surface area contributed by atoms with Crippen molar-refractivity contribution >= 4 is 40.0 Å². The predicted molar refractivity (Wildman–Crippen MR) is 150 cm³/mol. The van der Waals surface area contributed by atoms with Gasteiger partial charge in [-0.25, -0.2) is 24.1 Å². The number of halogens is 1. The van der Waals surface area contributed by atoms with E-state index in [0.717, 1.165) is 18.5 Å². The van der Waals surface area contributed by atoms with Gasteiger partial charge in [0.2, 0.25) is 5.91 Å². The first kappa shape index (κ1) is 27.3. The number of nitrogens with one attached hydrogen (secondary N) is 2. The number of amides is 1. The number of aromatic carboxylic acids is 1. The Morgan fingerprint density at radius 1 is 1.07 bits per heavy atom. The number of pyridine rings is 1. The fourth-order valence-electron chi connectivity index (χ4n) is 4.57. The van der Waals surface area contributed by atoms with Gasteiger partial charge in [-0.05, 0) is 43.2 Å². The third-order valence-electron chi connectivity index (χ3n) is 6.68. The lowest BCUT2D eigenvalue weighted by Crippen LogP contribution is -2.41. The summed E-state index contributed by atoms with van der Waals surface area (Å²) in [5.74, 6) is -0.488. The summed E-state index contributed by atoms with van der Waals surface area (Å²) in [5.41, 5.74) is 1.30. The Hall–Kier alpha value is -5.26. The number of anilines is 3. The van der Waals surface area contributed by atoms with Crippen LogP contribution in [0.5, 0.6) is 17.2 Å². The van der Waals surface area contributed by atoms with Crippen molar-refractivity contribution in [3.63, 3.8) is 0 Å². The molecule has 1 fully saturated rings. The third kappa shape index (κ3) is 6.16. The highest BCUT2D eigenvalue weighted by Crippen LogP contribution is 2.35. The van der Waals surface area contributed by atoms with Crippen molar-refractivity contribution in [1.29, 1.82) is 0 Å². The van der Waals surface area contributed by atoms with Gasteiger partial charge in [0.15, 0.2) is 5.69 Å². The van der Waals surface area contributed by atoms with E-state index >= 15 is 4.39 Å². The van der Waals surface area contributed by atoms with E-state index in [-0.39, 0.29) is 34.8 Å². The van der Waals surface area contributed by atoms with E-state index in [1.807, 2.05) is 6.07 Å². The van der Waals surface area contributed by atoms with Gasteiger partial charge in [0.05, 0.1) is 24.0 Å². The molecule has 2 aromatic carbocycles. The summed E-state index contributed by atoms with van der Waals surface area (Å²) in [5, 5.41) is 16.3. The lowest BCUT2D eigenvalue weighted by atomic mass is 10.0. The number of methoxy groups -OCH3 is 1. The molecule has 3 heterocycles. The lowest BCUT2D eigenvalue weighted by molar-refractivity contribution is -0.126. The first-order valence-corrected chi connectivity index (χ1v) is 12.8. The van der Waals surface area contributed by atoms with Crippen molar-refractivity contribution in [2.24, 2.45) is 0 Å². The van der Waals surface area contributed by atoms with Crippen LogP contribution in [-0.4, -0.2) is 63.1 Å². The molecule has 11 nitrogen and oxygen atoms in total. The number of hydrogen-bond acceptors (Lipinski definition) is 9. The maximum atomic E-state index is 15.1. The second-order valence-corrected chi connectivity index (χ2v) is 9.29. The van der Waals surface area contributed by atoms with Crippen molar-refractivity contribution in [3.8, 4) is 17.2 Å². The van der Waals surface area contributed by atoms with Crippen LogP contribution < -0.4 is 20.1 Å². The molecule has 1 amide bonds. The van der Waals surface area contributed by atoms with Crippen LogP contribution in [0.2, 0.25) is 0 Å². The number of carboxylic acids is 1. The zero-order valence-electron chi connectivity index (χ0n) is 22.1. The van der Waals surface area contributed by atoms with Crippen LogP contribution in [0.1, 0.15) is 23.3 Å². The number of ether oxygens (including phenoxy) is 2. The molecule has 0 atom stereocenters. The molecule has 0 bridgehead atoms. The first-order chi connectivity index (χ1) is 19.8. The van der Waals surface area contributed by atoms with Gasteiger partial charge in [-0.3, -0.25) is 4.79 Å². The SMILES string of the molecule is C=CC(=O)N1CCC(Nc2cc3c(Nc4ccc(Oc5ccnc(C(=O)O)c5)cc4F)ncnc3cc2OC)CC1. The number of nitrogens with zero attached hydrogens (tertiary/aromatic N) is 4. The fraction of sp³-hybridized carbons (Fsp3) is 0.207. The predicted octanol–water partition coefficient (Wildman–Crippen LogP) is 5.00. The van der Waals surface area contributed by atoms with Gasteiger partial charge >= 0.3 is 5.97 Å². The van der Waals surface area contributed by atoms with Crippen LogP contribution in [0.4, 0.5) is 21.6 Å². The molecule has 12 heteroatoms. The Morgan fingerprint density at radius 2 is 1.85 bits per heavy atom. The third-order valence-corrected chi connectivity index (χ3v) is 6.68. The van der Waals surface area contributed by atoms with Crippen molar-refractivity contribution in [3.05, 3.63) is 79.2 Å². The summed E-state index contributed by atoms with van der Waals surface area (Å²) in [6.07, 6.45) is 5.52. The van der Waals surface area contributed by atoms with E-state index < -0.39 is 11.8 Å². The van der Waals surface area contributed by atoms with E-state index in [1.165, 1.54) is 42.9 Å². The van der Waals surface area contributed by atoms with Crippen LogP contribution in [0, 0.1) is 5.82 Å². The summed E-state index contributed by atoms with van der Waals surface area (Å²) >= 11 is 0. The van der Waals surface area contributed by atoms with Crippen molar-refractivity contribution in [2.45, 2.75) is 18.9 Å². The number of hydrogen-bond donors (Lipinski definition) is 3. The van der Waals surface area contributed by atoms with E-state index in [4.69, 9.17) is 14.6 Å². The van der Waals surface area contributed by atoms with Crippen LogP contribution in [0.15, 0.2) is 67.6 Å².